The number of rotatable bonds is 4. The van der Waals surface area contributed by atoms with Crippen LogP contribution in [0.2, 0.25) is 0 Å². The minimum absolute atomic E-state index is 0.541. The van der Waals surface area contributed by atoms with Crippen LogP contribution in [0.3, 0.4) is 0 Å². The predicted molar refractivity (Wildman–Crippen MR) is 71.8 cm³/mol. The topological polar surface area (TPSA) is 21.3 Å². The molecule has 1 heterocycles. The molecule has 94 valence electrons. The molecule has 2 heteroatoms. The number of benzene rings is 1. The lowest BCUT2D eigenvalue weighted by atomic mass is 9.98. The monoisotopic (exact) mass is 233 g/mol. The summed E-state index contributed by atoms with van der Waals surface area (Å²) in [6.07, 6.45) is 2.52. The third-order valence-electron chi connectivity index (χ3n) is 3.49. The van der Waals surface area contributed by atoms with E-state index in [9.17, 15) is 0 Å². The highest BCUT2D eigenvalue weighted by Crippen LogP contribution is 2.24. The lowest BCUT2D eigenvalue weighted by molar-refractivity contribution is 0.277. The first-order valence-corrected chi connectivity index (χ1v) is 6.63. The molecule has 17 heavy (non-hydrogen) atoms. The van der Waals surface area contributed by atoms with E-state index < -0.39 is 0 Å². The molecule has 1 aliphatic rings. The zero-order chi connectivity index (χ0) is 12.3. The van der Waals surface area contributed by atoms with E-state index in [0.29, 0.717) is 12.0 Å². The number of hydrogen-bond acceptors (Lipinski definition) is 2. The Morgan fingerprint density at radius 2 is 2.24 bits per heavy atom. The second-order valence-electron chi connectivity index (χ2n) is 5.28. The van der Waals surface area contributed by atoms with E-state index in [-0.39, 0.29) is 0 Å². The molecule has 1 aliphatic heterocycles. The Bertz CT molecular complexity index is 367. The Balaban J connectivity index is 1.98. The van der Waals surface area contributed by atoms with Crippen LogP contribution in [0.4, 0.5) is 0 Å². The van der Waals surface area contributed by atoms with Crippen LogP contribution in [0.1, 0.15) is 43.7 Å². The van der Waals surface area contributed by atoms with Crippen molar-refractivity contribution in [3.8, 4) is 5.75 Å². The van der Waals surface area contributed by atoms with Crippen molar-refractivity contribution in [3.05, 3.63) is 29.3 Å². The van der Waals surface area contributed by atoms with E-state index in [2.05, 4.69) is 44.3 Å². The van der Waals surface area contributed by atoms with E-state index in [1.165, 1.54) is 24.0 Å². The highest BCUT2D eigenvalue weighted by Gasteiger charge is 2.14. The van der Waals surface area contributed by atoms with Gasteiger partial charge in [0.05, 0.1) is 0 Å². The van der Waals surface area contributed by atoms with Gasteiger partial charge in [0.2, 0.25) is 0 Å². The van der Waals surface area contributed by atoms with Gasteiger partial charge in [-0.3, -0.25) is 0 Å². The van der Waals surface area contributed by atoms with Crippen LogP contribution in [0.15, 0.2) is 18.2 Å². The molecule has 0 amide bonds. The van der Waals surface area contributed by atoms with Gasteiger partial charge >= 0.3 is 0 Å². The average Bonchev–Trinajstić information content (AvgIpc) is 2.80. The summed E-state index contributed by atoms with van der Waals surface area (Å²) >= 11 is 0. The summed E-state index contributed by atoms with van der Waals surface area (Å²) in [5.41, 5.74) is 2.74. The van der Waals surface area contributed by atoms with Crippen LogP contribution in [-0.2, 0) is 0 Å². The van der Waals surface area contributed by atoms with Crippen LogP contribution in [-0.4, -0.2) is 19.2 Å². The standard InChI is InChI=1S/C15H23NO/c1-11(2)15-9-14(7-6-12(15)3)17-10-13-5-4-8-16-13/h6-7,9,11,13,16H,4-5,8,10H2,1-3H3. The fourth-order valence-corrected chi connectivity index (χ4v) is 2.43. The molecule has 2 rings (SSSR count). The summed E-state index contributed by atoms with van der Waals surface area (Å²) in [6, 6.07) is 6.97. The lowest BCUT2D eigenvalue weighted by Gasteiger charge is -2.15. The first kappa shape index (κ1) is 12.4. The zero-order valence-electron chi connectivity index (χ0n) is 11.1. The second kappa shape index (κ2) is 5.54. The maximum Gasteiger partial charge on any atom is 0.119 e. The quantitative estimate of drug-likeness (QED) is 0.862. The normalized spacial score (nSPS) is 19.9. The van der Waals surface area contributed by atoms with Gasteiger partial charge in [-0.25, -0.2) is 0 Å². The fourth-order valence-electron chi connectivity index (χ4n) is 2.43. The summed E-state index contributed by atoms with van der Waals surface area (Å²) in [5, 5.41) is 3.45. The Morgan fingerprint density at radius 1 is 1.41 bits per heavy atom. The molecule has 1 atom stereocenters. The van der Waals surface area contributed by atoms with E-state index in [0.717, 1.165) is 18.9 Å². The zero-order valence-corrected chi connectivity index (χ0v) is 11.1. The summed E-state index contributed by atoms with van der Waals surface area (Å²) in [6.45, 7) is 8.55. The van der Waals surface area contributed by atoms with Crippen molar-refractivity contribution in [3.63, 3.8) is 0 Å². The van der Waals surface area contributed by atoms with Crippen LogP contribution in [0, 0.1) is 6.92 Å². The minimum Gasteiger partial charge on any atom is -0.492 e. The molecule has 1 fully saturated rings. The molecule has 1 aromatic carbocycles. The first-order chi connectivity index (χ1) is 8.16. The molecule has 1 unspecified atom stereocenters. The molecule has 1 saturated heterocycles. The van der Waals surface area contributed by atoms with Gasteiger partial charge in [-0.15, -0.1) is 0 Å². The highest BCUT2D eigenvalue weighted by atomic mass is 16.5. The van der Waals surface area contributed by atoms with E-state index in [4.69, 9.17) is 4.74 Å². The number of nitrogens with one attached hydrogen (secondary N) is 1. The Kier molecular flexibility index (Phi) is 4.06. The van der Waals surface area contributed by atoms with Gasteiger partial charge in [0.25, 0.3) is 0 Å². The van der Waals surface area contributed by atoms with Gasteiger partial charge in [-0.05, 0) is 55.5 Å². The summed E-state index contributed by atoms with van der Waals surface area (Å²) in [4.78, 5) is 0. The van der Waals surface area contributed by atoms with Gasteiger partial charge in [0.15, 0.2) is 0 Å². The van der Waals surface area contributed by atoms with E-state index >= 15 is 0 Å². The van der Waals surface area contributed by atoms with E-state index in [1.54, 1.807) is 0 Å². The van der Waals surface area contributed by atoms with Gasteiger partial charge in [-0.2, -0.15) is 0 Å². The molecule has 0 spiro atoms. The van der Waals surface area contributed by atoms with Gasteiger partial charge in [0, 0.05) is 6.04 Å². The van der Waals surface area contributed by atoms with Gasteiger partial charge in [0.1, 0.15) is 12.4 Å². The van der Waals surface area contributed by atoms with Crippen molar-refractivity contribution in [1.29, 1.82) is 0 Å². The predicted octanol–water partition coefficient (Wildman–Crippen LogP) is 3.25. The van der Waals surface area contributed by atoms with Crippen molar-refractivity contribution in [2.24, 2.45) is 0 Å². The van der Waals surface area contributed by atoms with Crippen molar-refractivity contribution in [1.82, 2.24) is 5.32 Å². The fraction of sp³-hybridized carbons (Fsp3) is 0.600. The smallest absolute Gasteiger partial charge is 0.119 e. The Hall–Kier alpha value is -1.02. The second-order valence-corrected chi connectivity index (χ2v) is 5.28. The molecule has 0 saturated carbocycles. The van der Waals surface area contributed by atoms with E-state index in [1.807, 2.05) is 0 Å². The molecule has 0 aliphatic carbocycles. The third-order valence-corrected chi connectivity index (χ3v) is 3.49. The average molecular weight is 233 g/mol. The lowest BCUT2D eigenvalue weighted by Crippen LogP contribution is -2.28. The third kappa shape index (κ3) is 3.22. The molecule has 0 aromatic heterocycles. The largest absolute Gasteiger partial charge is 0.492 e. The number of hydrogen-bond donors (Lipinski definition) is 1. The maximum atomic E-state index is 5.87. The Morgan fingerprint density at radius 3 is 2.88 bits per heavy atom. The minimum atomic E-state index is 0.541. The summed E-state index contributed by atoms with van der Waals surface area (Å²) in [5.74, 6) is 1.57. The molecular weight excluding hydrogens is 210 g/mol. The highest BCUT2D eigenvalue weighted by molar-refractivity contribution is 5.36. The van der Waals surface area contributed by atoms with Crippen molar-refractivity contribution in [2.75, 3.05) is 13.2 Å². The van der Waals surface area contributed by atoms with Crippen LogP contribution in [0.25, 0.3) is 0 Å². The maximum absolute atomic E-state index is 5.87. The summed E-state index contributed by atoms with van der Waals surface area (Å²) in [7, 11) is 0. The molecule has 2 nitrogen and oxygen atoms in total. The number of aryl methyl sites for hydroxylation is 1. The molecule has 0 bridgehead atoms. The SMILES string of the molecule is Cc1ccc(OCC2CCCN2)cc1C(C)C. The van der Waals surface area contributed by atoms with Gasteiger partial charge in [-0.1, -0.05) is 19.9 Å². The van der Waals surface area contributed by atoms with Crippen LogP contribution in [0.5, 0.6) is 5.75 Å². The molecule has 0 radical (unpaired) electrons. The van der Waals surface area contributed by atoms with Gasteiger partial charge < -0.3 is 10.1 Å². The number of ether oxygens (including phenoxy) is 1. The van der Waals surface area contributed by atoms with Crippen LogP contribution >= 0.6 is 0 Å². The van der Waals surface area contributed by atoms with Crippen molar-refractivity contribution >= 4 is 0 Å². The van der Waals surface area contributed by atoms with Crippen molar-refractivity contribution < 1.29 is 4.74 Å². The van der Waals surface area contributed by atoms with Crippen LogP contribution < -0.4 is 10.1 Å². The molecule has 1 aromatic rings. The first-order valence-electron chi connectivity index (χ1n) is 6.63. The van der Waals surface area contributed by atoms with Crippen molar-refractivity contribution in [2.45, 2.75) is 45.6 Å². The molecular formula is C15H23NO. The molecule has 1 N–H and O–H groups in total. The summed E-state index contributed by atoms with van der Waals surface area (Å²) < 4.78 is 5.87. The Labute approximate surface area is 104 Å².